The smallest absolute Gasteiger partial charge is 0.414 e. The molecule has 4 N–H and O–H groups in total. The number of hydrogen-bond acceptors (Lipinski definition) is 8. The summed E-state index contributed by atoms with van der Waals surface area (Å²) in [5.41, 5.74) is 8.56. The van der Waals surface area contributed by atoms with Crippen LogP contribution in [0.4, 0.5) is 20.6 Å². The number of rotatable bonds is 3. The van der Waals surface area contributed by atoms with Crippen molar-refractivity contribution in [3.8, 4) is 22.9 Å². The van der Waals surface area contributed by atoms with Gasteiger partial charge in [-0.25, -0.2) is 19.2 Å². The molecule has 0 bridgehead atoms. The summed E-state index contributed by atoms with van der Waals surface area (Å²) in [5, 5.41) is 7.19. The first-order valence-electron chi connectivity index (χ1n) is 11.3. The number of anilines is 2. The lowest BCUT2D eigenvalue weighted by molar-refractivity contribution is 0.177. The van der Waals surface area contributed by atoms with Crippen LogP contribution in [0, 0.1) is 12.7 Å². The van der Waals surface area contributed by atoms with Crippen LogP contribution in [0.2, 0.25) is 0 Å². The number of carbonyl (C=O) groups excluding carboxylic acids is 1. The van der Waals surface area contributed by atoms with E-state index >= 15 is 4.39 Å². The Morgan fingerprint density at radius 2 is 2.18 bits per heavy atom. The van der Waals surface area contributed by atoms with E-state index in [2.05, 4.69) is 25.5 Å². The third-order valence-electron chi connectivity index (χ3n) is 6.35. The molecule has 34 heavy (non-hydrogen) atoms. The number of likely N-dealkylation sites (N-methyl/N-ethyl adjacent to an activating group) is 1. The van der Waals surface area contributed by atoms with Gasteiger partial charge >= 0.3 is 6.09 Å². The molecule has 4 heterocycles. The van der Waals surface area contributed by atoms with Crippen molar-refractivity contribution in [3.05, 3.63) is 35.9 Å². The first-order valence-corrected chi connectivity index (χ1v) is 11.3. The van der Waals surface area contributed by atoms with Crippen molar-refractivity contribution in [3.63, 3.8) is 0 Å². The summed E-state index contributed by atoms with van der Waals surface area (Å²) >= 11 is 0. The minimum Gasteiger partial charge on any atom is -0.474 e. The molecule has 178 valence electrons. The highest BCUT2D eigenvalue weighted by molar-refractivity contribution is 5.98. The lowest BCUT2D eigenvalue weighted by atomic mass is 9.97. The molecule has 2 aromatic heterocycles. The van der Waals surface area contributed by atoms with Crippen molar-refractivity contribution < 1.29 is 18.7 Å². The summed E-state index contributed by atoms with van der Waals surface area (Å²) in [6.07, 6.45) is 4.35. The Labute approximate surface area is 196 Å². The van der Waals surface area contributed by atoms with E-state index in [-0.39, 0.29) is 17.6 Å². The highest BCUT2D eigenvalue weighted by Crippen LogP contribution is 2.39. The Balaban J connectivity index is 1.45. The summed E-state index contributed by atoms with van der Waals surface area (Å²) in [6.45, 7) is 4.84. The number of halogens is 1. The summed E-state index contributed by atoms with van der Waals surface area (Å²) in [7, 11) is 2.02. The van der Waals surface area contributed by atoms with Gasteiger partial charge in [0.25, 0.3) is 0 Å². The van der Waals surface area contributed by atoms with Crippen LogP contribution in [0.3, 0.4) is 0 Å². The van der Waals surface area contributed by atoms with Crippen LogP contribution in [0.5, 0.6) is 11.8 Å². The number of fused-ring (bicyclic) bond motifs is 2. The van der Waals surface area contributed by atoms with Gasteiger partial charge in [0.15, 0.2) is 5.82 Å². The summed E-state index contributed by atoms with van der Waals surface area (Å²) in [4.78, 5) is 23.1. The summed E-state index contributed by atoms with van der Waals surface area (Å²) in [5.74, 6) is 0.0573. The third kappa shape index (κ3) is 4.16. The van der Waals surface area contributed by atoms with E-state index in [1.165, 1.54) is 6.20 Å². The molecule has 1 aromatic carbocycles. The first kappa shape index (κ1) is 22.1. The molecular formula is C24H27FN6O3. The van der Waals surface area contributed by atoms with E-state index in [4.69, 9.17) is 15.2 Å². The minimum absolute atomic E-state index is 0.0254. The Morgan fingerprint density at radius 1 is 1.32 bits per heavy atom. The number of carbonyl (C=O) groups is 1. The second kappa shape index (κ2) is 8.94. The van der Waals surface area contributed by atoms with Gasteiger partial charge in [0, 0.05) is 54.1 Å². The molecule has 0 spiro atoms. The Morgan fingerprint density at radius 3 is 3.00 bits per heavy atom. The predicted octanol–water partition coefficient (Wildman–Crippen LogP) is 3.31. The number of benzene rings is 1. The zero-order valence-electron chi connectivity index (χ0n) is 19.2. The topological polar surface area (TPSA) is 115 Å². The van der Waals surface area contributed by atoms with Crippen molar-refractivity contribution >= 4 is 28.2 Å². The number of ether oxygens (including phenoxy) is 2. The molecule has 0 unspecified atom stereocenters. The highest BCUT2D eigenvalue weighted by atomic mass is 19.1. The second-order valence-electron chi connectivity index (χ2n) is 8.78. The quantitative estimate of drug-likeness (QED) is 0.504. The average Bonchev–Trinajstić information content (AvgIpc) is 2.82. The molecule has 2 aliphatic rings. The van der Waals surface area contributed by atoms with Gasteiger partial charge in [-0.05, 0) is 50.4 Å². The standard InChI is InChI=1S/C24H27FN6O3/c1-13-17(10-29-23-22(13)27-5-7-33-23)16-8-14-9-19(28-11-18(14)21(26)20(16)25)34-24(32)30-15-4-3-6-31(2)12-15/h8-11,15,27H,3-7,12,26H2,1-2H3,(H,30,32)/t15-/m0/s1. The maximum atomic E-state index is 15.3. The number of nitrogen functional groups attached to an aromatic ring is 1. The molecule has 2 aliphatic heterocycles. The fourth-order valence-electron chi connectivity index (χ4n) is 4.60. The normalized spacial score (nSPS) is 18.0. The molecule has 3 aromatic rings. The maximum Gasteiger partial charge on any atom is 0.414 e. The largest absolute Gasteiger partial charge is 0.474 e. The van der Waals surface area contributed by atoms with Crippen LogP contribution in [-0.2, 0) is 0 Å². The van der Waals surface area contributed by atoms with Gasteiger partial charge in [-0.1, -0.05) is 0 Å². The molecule has 5 rings (SSSR count). The number of aromatic nitrogens is 2. The average molecular weight is 467 g/mol. The second-order valence-corrected chi connectivity index (χ2v) is 8.78. The van der Waals surface area contributed by atoms with Gasteiger partial charge in [-0.15, -0.1) is 0 Å². The fraction of sp³-hybridized carbons (Fsp3) is 0.375. The number of nitrogens with two attached hydrogens (primary N) is 1. The van der Waals surface area contributed by atoms with Crippen LogP contribution >= 0.6 is 0 Å². The number of piperidine rings is 1. The highest BCUT2D eigenvalue weighted by Gasteiger charge is 2.22. The molecule has 0 aliphatic carbocycles. The van der Waals surface area contributed by atoms with Crippen LogP contribution in [0.15, 0.2) is 24.5 Å². The van der Waals surface area contributed by atoms with E-state index in [1.54, 1.807) is 18.3 Å². The van der Waals surface area contributed by atoms with Crippen LogP contribution in [0.25, 0.3) is 21.9 Å². The van der Waals surface area contributed by atoms with Gasteiger partial charge in [-0.3, -0.25) is 0 Å². The Bertz CT molecular complexity index is 1270. The van der Waals surface area contributed by atoms with Crippen molar-refractivity contribution in [2.45, 2.75) is 25.8 Å². The summed E-state index contributed by atoms with van der Waals surface area (Å²) in [6, 6.07) is 3.29. The molecule has 1 amide bonds. The molecule has 1 atom stereocenters. The molecule has 1 fully saturated rings. The molecular weight excluding hydrogens is 439 g/mol. The molecule has 0 saturated carbocycles. The number of nitrogens with zero attached hydrogens (tertiary/aromatic N) is 3. The van der Waals surface area contributed by atoms with Crippen LogP contribution < -0.4 is 25.8 Å². The number of nitrogens with one attached hydrogen (secondary N) is 2. The van der Waals surface area contributed by atoms with E-state index in [9.17, 15) is 4.79 Å². The van der Waals surface area contributed by atoms with Crippen molar-refractivity contribution in [1.29, 1.82) is 0 Å². The van der Waals surface area contributed by atoms with E-state index in [0.717, 1.165) is 37.2 Å². The SMILES string of the molecule is Cc1c(-c2cc3cc(OC(=O)N[C@H]4CCCN(C)C4)ncc3c(N)c2F)cnc2c1NCCO2. The van der Waals surface area contributed by atoms with Crippen molar-refractivity contribution in [2.24, 2.45) is 0 Å². The van der Waals surface area contributed by atoms with Gasteiger partial charge in [0.05, 0.1) is 5.69 Å². The molecule has 10 heteroatoms. The minimum atomic E-state index is -0.566. The van der Waals surface area contributed by atoms with Crippen LogP contribution in [-0.4, -0.2) is 60.3 Å². The number of amides is 1. The number of pyridine rings is 2. The van der Waals surface area contributed by atoms with E-state index in [0.29, 0.717) is 40.9 Å². The van der Waals surface area contributed by atoms with E-state index < -0.39 is 11.9 Å². The molecule has 1 saturated heterocycles. The maximum absolute atomic E-state index is 15.3. The van der Waals surface area contributed by atoms with Crippen molar-refractivity contribution in [2.75, 3.05) is 44.3 Å². The van der Waals surface area contributed by atoms with Gasteiger partial charge in [0.1, 0.15) is 12.3 Å². The zero-order chi connectivity index (χ0) is 23.8. The lowest BCUT2D eigenvalue weighted by Crippen LogP contribution is -2.47. The van der Waals surface area contributed by atoms with Gasteiger partial charge < -0.3 is 30.7 Å². The lowest BCUT2D eigenvalue weighted by Gasteiger charge is -2.29. The fourth-order valence-corrected chi connectivity index (χ4v) is 4.60. The van der Waals surface area contributed by atoms with Gasteiger partial charge in [0.2, 0.25) is 11.8 Å². The monoisotopic (exact) mass is 466 g/mol. The summed E-state index contributed by atoms with van der Waals surface area (Å²) < 4.78 is 26.3. The van der Waals surface area contributed by atoms with Gasteiger partial charge in [-0.2, -0.15) is 0 Å². The number of hydrogen-bond donors (Lipinski definition) is 3. The Kier molecular flexibility index (Phi) is 5.82. The molecule has 0 radical (unpaired) electrons. The zero-order valence-corrected chi connectivity index (χ0v) is 19.2. The third-order valence-corrected chi connectivity index (χ3v) is 6.35. The van der Waals surface area contributed by atoms with Crippen molar-refractivity contribution in [1.82, 2.24) is 20.2 Å². The van der Waals surface area contributed by atoms with Crippen LogP contribution in [0.1, 0.15) is 18.4 Å². The first-order chi connectivity index (χ1) is 16.4. The Hall–Kier alpha value is -3.66. The molecule has 9 nitrogen and oxygen atoms in total. The number of likely N-dealkylation sites (tertiary alicyclic amines) is 1. The van der Waals surface area contributed by atoms with E-state index in [1.807, 2.05) is 14.0 Å². The predicted molar refractivity (Wildman–Crippen MR) is 128 cm³/mol.